The highest BCUT2D eigenvalue weighted by molar-refractivity contribution is 8.14. The van der Waals surface area contributed by atoms with E-state index in [1.54, 1.807) is 0 Å². The van der Waals surface area contributed by atoms with Gasteiger partial charge >= 0.3 is 20.2 Å². The highest BCUT2D eigenvalue weighted by atomic mass is 32.2. The van der Waals surface area contributed by atoms with Crippen LogP contribution in [0.2, 0.25) is 0 Å². The van der Waals surface area contributed by atoms with Crippen LogP contribution in [0.15, 0.2) is 47.5 Å². The van der Waals surface area contributed by atoms with E-state index in [0.717, 1.165) is 35.5 Å². The number of nitrogens with zero attached hydrogens (tertiary/aromatic N) is 1. The molecule has 0 spiro atoms. The van der Waals surface area contributed by atoms with Gasteiger partial charge in [-0.15, -0.1) is 0 Å². The summed E-state index contributed by atoms with van der Waals surface area (Å²) < 4.78 is 100. The summed E-state index contributed by atoms with van der Waals surface area (Å²) in [5.41, 5.74) is 4.15. The van der Waals surface area contributed by atoms with Crippen LogP contribution in [0.25, 0.3) is 0 Å². The lowest BCUT2D eigenvalue weighted by atomic mass is 10.0. The Morgan fingerprint density at radius 1 is 1.02 bits per heavy atom. The molecule has 0 saturated heterocycles. The van der Waals surface area contributed by atoms with Crippen molar-refractivity contribution in [2.75, 3.05) is 19.8 Å². The van der Waals surface area contributed by atoms with Gasteiger partial charge in [-0.25, -0.2) is 4.57 Å². The lowest BCUT2D eigenvalue weighted by Crippen LogP contribution is -2.47. The predicted molar refractivity (Wildman–Crippen MR) is 139 cm³/mol. The Balaban J connectivity index is 1.53. The summed E-state index contributed by atoms with van der Waals surface area (Å²) in [6, 6.07) is 8.62. The first-order valence-corrected chi connectivity index (χ1v) is 14.6. The summed E-state index contributed by atoms with van der Waals surface area (Å²) in [6.45, 7) is 1.09. The number of phosphoric ester groups is 1. The van der Waals surface area contributed by atoms with Crippen molar-refractivity contribution < 1.29 is 50.0 Å². The van der Waals surface area contributed by atoms with Crippen LogP contribution < -0.4 is 10.5 Å². The summed E-state index contributed by atoms with van der Waals surface area (Å²) in [4.78, 5) is 22.1. The molecule has 0 aromatic heterocycles. The molecule has 3 rings (SSSR count). The summed E-state index contributed by atoms with van der Waals surface area (Å²) >= 11 is 1.10. The maximum atomic E-state index is 13.8. The second-order valence-electron chi connectivity index (χ2n) is 9.54. The van der Waals surface area contributed by atoms with Gasteiger partial charge in [0, 0.05) is 0 Å². The van der Waals surface area contributed by atoms with Crippen molar-refractivity contribution in [2.24, 2.45) is 10.7 Å². The van der Waals surface area contributed by atoms with Crippen LogP contribution in [0.1, 0.15) is 53.7 Å². The largest absolute Gasteiger partial charge is 0.493 e. The second kappa shape index (κ2) is 12.8. The fraction of sp³-hybridized carbons (Fsp3) is 0.480. The van der Waals surface area contributed by atoms with Gasteiger partial charge in [0.05, 0.1) is 46.7 Å². The Kier molecular flexibility index (Phi) is 10.4. The fourth-order valence-corrected chi connectivity index (χ4v) is 5.50. The zero-order valence-electron chi connectivity index (χ0n) is 21.3. The molecule has 7 nitrogen and oxygen atoms in total. The first-order valence-electron chi connectivity index (χ1n) is 12.2. The molecule has 15 heteroatoms. The molecule has 4 N–H and O–H groups in total. The molecule has 1 aliphatic rings. The van der Waals surface area contributed by atoms with Crippen LogP contribution in [-0.2, 0) is 27.9 Å². The van der Waals surface area contributed by atoms with E-state index in [1.165, 1.54) is 31.2 Å². The van der Waals surface area contributed by atoms with E-state index in [-0.39, 0.29) is 18.9 Å². The second-order valence-corrected chi connectivity index (χ2v) is 12.0. The Bertz CT molecular complexity index is 1230. The van der Waals surface area contributed by atoms with Crippen LogP contribution in [-0.4, -0.2) is 40.1 Å². The summed E-state index contributed by atoms with van der Waals surface area (Å²) in [5, 5.41) is -0.190. The molecule has 1 heterocycles. The molecule has 0 bridgehead atoms. The van der Waals surface area contributed by atoms with E-state index in [1.807, 2.05) is 0 Å². The van der Waals surface area contributed by atoms with Gasteiger partial charge in [-0.1, -0.05) is 30.0 Å². The number of rotatable bonds is 12. The fourth-order valence-electron chi connectivity index (χ4n) is 3.89. The van der Waals surface area contributed by atoms with E-state index in [0.29, 0.717) is 36.3 Å². The predicted octanol–water partition coefficient (Wildman–Crippen LogP) is 6.53. The molecule has 0 amide bonds. The number of nitrogens with two attached hydrogens (primary N) is 1. The topological polar surface area (TPSA) is 114 Å². The highest BCUT2D eigenvalue weighted by Gasteiger charge is 2.38. The Labute approximate surface area is 231 Å². The van der Waals surface area contributed by atoms with Crippen LogP contribution >= 0.6 is 19.6 Å². The van der Waals surface area contributed by atoms with Crippen LogP contribution in [0.4, 0.5) is 26.3 Å². The molecule has 1 unspecified atom stereocenters. The minimum atomic E-state index is -4.76. The zero-order chi connectivity index (χ0) is 29.8. The van der Waals surface area contributed by atoms with Gasteiger partial charge < -0.3 is 20.3 Å². The average molecular weight is 615 g/mol. The third kappa shape index (κ3) is 9.49. The Morgan fingerprint density at radius 3 is 2.30 bits per heavy atom. The number of unbranched alkanes of at least 4 members (excludes halogenated alkanes) is 2. The monoisotopic (exact) mass is 614 g/mol. The standard InChI is InChI=1S/C25H29F6N2O5PS/c1-23(32,15-38-39(34,35)36)22-33-14-21(40-22)17-8-11-20(19(13-17)25(29,30)31)37-12-4-2-3-5-16-6-9-18(10-7-16)24(26,27)28/h6-11,13,21H,2-5,12,14-15,32H2,1H3,(H2,34,35,36)/t21?,23-/m0/s1. The lowest BCUT2D eigenvalue weighted by Gasteiger charge is -2.24. The summed E-state index contributed by atoms with van der Waals surface area (Å²) in [7, 11) is -4.76. The summed E-state index contributed by atoms with van der Waals surface area (Å²) in [5.74, 6) is -0.318. The van der Waals surface area contributed by atoms with Crippen molar-refractivity contribution >= 4 is 24.6 Å². The first-order chi connectivity index (χ1) is 18.5. The van der Waals surface area contributed by atoms with Crippen LogP contribution in [0.5, 0.6) is 5.75 Å². The quantitative estimate of drug-likeness (QED) is 0.142. The number of phosphoric acid groups is 1. The van der Waals surface area contributed by atoms with Gasteiger partial charge in [0.25, 0.3) is 0 Å². The van der Waals surface area contributed by atoms with E-state index >= 15 is 0 Å². The number of halogens is 6. The molecule has 0 fully saturated rings. The number of ether oxygens (including phenoxy) is 1. The molecule has 2 aromatic rings. The molecule has 0 radical (unpaired) electrons. The molecule has 0 aliphatic carbocycles. The lowest BCUT2D eigenvalue weighted by molar-refractivity contribution is -0.139. The smallest absolute Gasteiger partial charge is 0.469 e. The number of hydrogen-bond donors (Lipinski definition) is 3. The normalized spacial score (nSPS) is 17.9. The molecule has 1 aliphatic heterocycles. The first kappa shape index (κ1) is 32.4. The maximum absolute atomic E-state index is 13.8. The van der Waals surface area contributed by atoms with Crippen molar-refractivity contribution in [3.05, 3.63) is 64.7 Å². The highest BCUT2D eigenvalue weighted by Crippen LogP contribution is 2.44. The van der Waals surface area contributed by atoms with Crippen molar-refractivity contribution in [3.63, 3.8) is 0 Å². The third-order valence-electron chi connectivity index (χ3n) is 6.01. The van der Waals surface area contributed by atoms with E-state index < -0.39 is 48.7 Å². The van der Waals surface area contributed by atoms with Crippen molar-refractivity contribution in [3.8, 4) is 5.75 Å². The minimum absolute atomic E-state index is 0.0337. The van der Waals surface area contributed by atoms with E-state index in [2.05, 4.69) is 9.52 Å². The Morgan fingerprint density at radius 2 is 1.70 bits per heavy atom. The van der Waals surface area contributed by atoms with Gasteiger partial charge in [-0.2, -0.15) is 26.3 Å². The number of thioether (sulfide) groups is 1. The van der Waals surface area contributed by atoms with Gasteiger partial charge in [-0.3, -0.25) is 9.52 Å². The number of aliphatic imine (C=N–C) groups is 1. The molecule has 222 valence electrons. The van der Waals surface area contributed by atoms with Crippen molar-refractivity contribution in [1.29, 1.82) is 0 Å². The molecule has 0 saturated carbocycles. The molecular weight excluding hydrogens is 585 g/mol. The number of hydrogen-bond acceptors (Lipinski definition) is 6. The molecule has 2 aromatic carbocycles. The van der Waals surface area contributed by atoms with Crippen molar-refractivity contribution in [2.45, 2.75) is 55.7 Å². The van der Waals surface area contributed by atoms with Gasteiger partial charge in [0.1, 0.15) is 5.75 Å². The summed E-state index contributed by atoms with van der Waals surface area (Å²) in [6.07, 6.45) is -6.82. The molecule has 2 atom stereocenters. The minimum Gasteiger partial charge on any atom is -0.493 e. The maximum Gasteiger partial charge on any atom is 0.469 e. The van der Waals surface area contributed by atoms with Crippen molar-refractivity contribution in [1.82, 2.24) is 0 Å². The van der Waals surface area contributed by atoms with Gasteiger partial charge in [0.15, 0.2) is 0 Å². The van der Waals surface area contributed by atoms with Gasteiger partial charge in [0.2, 0.25) is 0 Å². The zero-order valence-corrected chi connectivity index (χ0v) is 23.0. The van der Waals surface area contributed by atoms with E-state index in [9.17, 15) is 30.9 Å². The SMILES string of the molecule is C[C@](N)(COP(=O)(O)O)C1=NCC(c2ccc(OCCCCCc3ccc(C(F)(F)F)cc3)c(C(F)(F)F)c2)S1. The van der Waals surface area contributed by atoms with Gasteiger partial charge in [-0.05, 0) is 68.0 Å². The molecule has 40 heavy (non-hydrogen) atoms. The van der Waals surface area contributed by atoms with Crippen LogP contribution in [0, 0.1) is 0 Å². The van der Waals surface area contributed by atoms with Crippen LogP contribution in [0.3, 0.4) is 0 Å². The third-order valence-corrected chi connectivity index (χ3v) is 8.00. The number of alkyl halides is 6. The number of benzene rings is 2. The Hall–Kier alpha value is -2.09. The molecular formula is C25H29F6N2O5PS. The van der Waals surface area contributed by atoms with E-state index in [4.69, 9.17) is 20.3 Å². The average Bonchev–Trinajstić information content (AvgIpc) is 3.35. The number of aryl methyl sites for hydroxylation is 1.